The Kier molecular flexibility index (Phi) is 2.74. The molecule has 2 aliphatic heterocycles. The van der Waals surface area contributed by atoms with Crippen LogP contribution in [-0.4, -0.2) is 6.29 Å². The van der Waals surface area contributed by atoms with Crippen molar-refractivity contribution in [3.05, 3.63) is 77.6 Å². The molecule has 2 aromatic rings. The summed E-state index contributed by atoms with van der Waals surface area (Å²) in [7, 11) is 0. The van der Waals surface area contributed by atoms with Crippen molar-refractivity contribution in [2.45, 2.75) is 25.0 Å². The third-order valence-corrected chi connectivity index (χ3v) is 4.68. The fraction of sp³-hybridized carbons (Fsp3) is 0.200. The molecular formula is C20H17NO2. The standard InChI is InChI=1S/C20H17NO2/c1-2-6-13(7-3-1)21-14-10-11-16-18(12-14)23-20-19(16)15-8-4-5-9-17(15)22-20/h1-4,6-8,10-12,19-21H,5,9H2. The molecule has 0 saturated heterocycles. The van der Waals surface area contributed by atoms with Gasteiger partial charge in [0.05, 0.1) is 5.92 Å². The number of fused-ring (bicyclic) bond motifs is 4. The van der Waals surface area contributed by atoms with Crippen molar-refractivity contribution in [2.75, 3.05) is 5.32 Å². The molecule has 2 aromatic carbocycles. The van der Waals surface area contributed by atoms with Crippen LogP contribution in [0.25, 0.3) is 0 Å². The summed E-state index contributed by atoms with van der Waals surface area (Å²) in [5.41, 5.74) is 4.62. The van der Waals surface area contributed by atoms with Gasteiger partial charge in [-0.3, -0.25) is 0 Å². The van der Waals surface area contributed by atoms with Gasteiger partial charge < -0.3 is 14.8 Å². The van der Waals surface area contributed by atoms with E-state index in [-0.39, 0.29) is 12.2 Å². The molecule has 2 atom stereocenters. The number of rotatable bonds is 2. The highest BCUT2D eigenvalue weighted by molar-refractivity contribution is 5.64. The summed E-state index contributed by atoms with van der Waals surface area (Å²) in [6, 6.07) is 16.5. The Balaban J connectivity index is 1.47. The topological polar surface area (TPSA) is 30.5 Å². The molecule has 1 aliphatic carbocycles. The van der Waals surface area contributed by atoms with Gasteiger partial charge in [-0.05, 0) is 24.6 Å². The molecule has 114 valence electrons. The summed E-state index contributed by atoms with van der Waals surface area (Å²) in [6.45, 7) is 0. The summed E-state index contributed by atoms with van der Waals surface area (Å²) in [6.07, 6.45) is 6.30. The Morgan fingerprint density at radius 1 is 0.957 bits per heavy atom. The van der Waals surface area contributed by atoms with Gasteiger partial charge in [0.1, 0.15) is 11.5 Å². The zero-order valence-corrected chi connectivity index (χ0v) is 12.7. The Bertz CT molecular complexity index is 823. The minimum atomic E-state index is -0.190. The van der Waals surface area contributed by atoms with Crippen molar-refractivity contribution in [2.24, 2.45) is 0 Å². The Labute approximate surface area is 135 Å². The van der Waals surface area contributed by atoms with Crippen LogP contribution >= 0.6 is 0 Å². The van der Waals surface area contributed by atoms with Gasteiger partial charge in [-0.2, -0.15) is 0 Å². The SMILES string of the molecule is C1=CC2=C(CC1)OC1Oc3cc(Nc4ccccc4)ccc3C21. The number of allylic oxidation sites excluding steroid dienone is 3. The number of nitrogens with one attached hydrogen (secondary N) is 1. The van der Waals surface area contributed by atoms with Gasteiger partial charge in [-0.25, -0.2) is 0 Å². The van der Waals surface area contributed by atoms with Crippen LogP contribution in [0.1, 0.15) is 24.3 Å². The largest absolute Gasteiger partial charge is 0.458 e. The van der Waals surface area contributed by atoms with Crippen LogP contribution in [0.15, 0.2) is 72.0 Å². The van der Waals surface area contributed by atoms with Gasteiger partial charge >= 0.3 is 0 Å². The van der Waals surface area contributed by atoms with Gasteiger partial charge in [0, 0.05) is 35.0 Å². The maximum atomic E-state index is 6.06. The predicted molar refractivity (Wildman–Crippen MR) is 89.8 cm³/mol. The lowest BCUT2D eigenvalue weighted by Crippen LogP contribution is -2.16. The van der Waals surface area contributed by atoms with E-state index in [1.165, 1.54) is 11.1 Å². The fourth-order valence-corrected chi connectivity index (χ4v) is 3.61. The van der Waals surface area contributed by atoms with Crippen molar-refractivity contribution in [3.63, 3.8) is 0 Å². The molecule has 2 heterocycles. The molecule has 3 heteroatoms. The molecule has 3 aliphatic rings. The fourth-order valence-electron chi connectivity index (χ4n) is 3.61. The molecule has 0 saturated carbocycles. The van der Waals surface area contributed by atoms with E-state index in [1.54, 1.807) is 0 Å². The summed E-state index contributed by atoms with van der Waals surface area (Å²) < 4.78 is 12.1. The molecule has 0 spiro atoms. The lowest BCUT2D eigenvalue weighted by molar-refractivity contribution is -0.0208. The zero-order chi connectivity index (χ0) is 15.2. The van der Waals surface area contributed by atoms with Crippen LogP contribution in [0.2, 0.25) is 0 Å². The number of para-hydroxylation sites is 1. The van der Waals surface area contributed by atoms with Crippen molar-refractivity contribution in [1.29, 1.82) is 0 Å². The van der Waals surface area contributed by atoms with E-state index >= 15 is 0 Å². The first-order valence-electron chi connectivity index (χ1n) is 8.07. The maximum absolute atomic E-state index is 6.06. The van der Waals surface area contributed by atoms with E-state index in [2.05, 4.69) is 47.8 Å². The molecule has 0 aromatic heterocycles. The molecule has 1 N–H and O–H groups in total. The molecule has 3 nitrogen and oxygen atoms in total. The molecule has 0 radical (unpaired) electrons. The summed E-state index contributed by atoms with van der Waals surface area (Å²) >= 11 is 0. The van der Waals surface area contributed by atoms with Gasteiger partial charge in [-0.1, -0.05) is 36.4 Å². The second-order valence-electron chi connectivity index (χ2n) is 6.14. The normalized spacial score (nSPS) is 23.7. The lowest BCUT2D eigenvalue weighted by atomic mass is 9.89. The van der Waals surface area contributed by atoms with Gasteiger partial charge in [-0.15, -0.1) is 0 Å². The smallest absolute Gasteiger partial charge is 0.251 e. The predicted octanol–water partition coefficient (Wildman–Crippen LogP) is 4.87. The third-order valence-electron chi connectivity index (χ3n) is 4.68. The summed E-state index contributed by atoms with van der Waals surface area (Å²) in [5.74, 6) is 2.26. The monoisotopic (exact) mass is 303 g/mol. The van der Waals surface area contributed by atoms with E-state index in [1.807, 2.05) is 18.2 Å². The Morgan fingerprint density at radius 3 is 2.78 bits per heavy atom. The van der Waals surface area contributed by atoms with Crippen LogP contribution < -0.4 is 10.1 Å². The highest BCUT2D eigenvalue weighted by atomic mass is 16.7. The van der Waals surface area contributed by atoms with Crippen molar-refractivity contribution in [1.82, 2.24) is 0 Å². The zero-order valence-electron chi connectivity index (χ0n) is 12.7. The van der Waals surface area contributed by atoms with Crippen molar-refractivity contribution >= 4 is 11.4 Å². The number of hydrogen-bond acceptors (Lipinski definition) is 3. The Morgan fingerprint density at radius 2 is 1.87 bits per heavy atom. The summed E-state index contributed by atoms with van der Waals surface area (Å²) in [5, 5.41) is 3.41. The highest BCUT2D eigenvalue weighted by Gasteiger charge is 2.44. The minimum Gasteiger partial charge on any atom is -0.458 e. The van der Waals surface area contributed by atoms with Crippen LogP contribution in [0.4, 0.5) is 11.4 Å². The minimum absolute atomic E-state index is 0.190. The van der Waals surface area contributed by atoms with Crippen LogP contribution in [0.3, 0.4) is 0 Å². The molecule has 23 heavy (non-hydrogen) atoms. The highest BCUT2D eigenvalue weighted by Crippen LogP contribution is 2.51. The third kappa shape index (κ3) is 2.04. The average Bonchev–Trinajstić information content (AvgIpc) is 3.11. The molecule has 0 fully saturated rings. The molecule has 0 bridgehead atoms. The number of anilines is 2. The van der Waals surface area contributed by atoms with Gasteiger partial charge in [0.25, 0.3) is 6.29 Å². The van der Waals surface area contributed by atoms with Crippen LogP contribution in [-0.2, 0) is 4.74 Å². The van der Waals surface area contributed by atoms with E-state index < -0.39 is 0 Å². The van der Waals surface area contributed by atoms with Crippen LogP contribution in [0.5, 0.6) is 5.75 Å². The van der Waals surface area contributed by atoms with E-state index in [0.717, 1.165) is 35.7 Å². The maximum Gasteiger partial charge on any atom is 0.251 e. The first-order chi connectivity index (χ1) is 11.4. The van der Waals surface area contributed by atoms with Crippen LogP contribution in [0, 0.1) is 0 Å². The van der Waals surface area contributed by atoms with Crippen molar-refractivity contribution in [3.8, 4) is 5.75 Å². The molecule has 2 unspecified atom stereocenters. The van der Waals surface area contributed by atoms with E-state index in [4.69, 9.17) is 9.47 Å². The molecule has 0 amide bonds. The number of ether oxygens (including phenoxy) is 2. The number of hydrogen-bond donors (Lipinski definition) is 1. The summed E-state index contributed by atoms with van der Waals surface area (Å²) in [4.78, 5) is 0. The number of benzene rings is 2. The van der Waals surface area contributed by atoms with E-state index in [9.17, 15) is 0 Å². The quantitative estimate of drug-likeness (QED) is 0.859. The Hall–Kier alpha value is -2.68. The van der Waals surface area contributed by atoms with Gasteiger partial charge in [0.15, 0.2) is 0 Å². The molecule has 5 rings (SSSR count). The van der Waals surface area contributed by atoms with Crippen molar-refractivity contribution < 1.29 is 9.47 Å². The average molecular weight is 303 g/mol. The van der Waals surface area contributed by atoms with E-state index in [0.29, 0.717) is 0 Å². The lowest BCUT2D eigenvalue weighted by Gasteiger charge is -2.13. The second kappa shape index (κ2) is 4.92. The second-order valence-corrected chi connectivity index (χ2v) is 6.14. The first kappa shape index (κ1) is 12.8. The first-order valence-corrected chi connectivity index (χ1v) is 8.07. The molecular weight excluding hydrogens is 286 g/mol. The van der Waals surface area contributed by atoms with Gasteiger partial charge in [0.2, 0.25) is 0 Å².